The quantitative estimate of drug-likeness (QED) is 0.575. The van der Waals surface area contributed by atoms with Crippen LogP contribution in [0.1, 0.15) is 17.9 Å². The van der Waals surface area contributed by atoms with E-state index in [2.05, 4.69) is 9.97 Å². The third-order valence-corrected chi connectivity index (χ3v) is 4.77. The van der Waals surface area contributed by atoms with E-state index in [9.17, 15) is 9.59 Å². The van der Waals surface area contributed by atoms with Gasteiger partial charge in [-0.25, -0.2) is 9.66 Å². The van der Waals surface area contributed by atoms with E-state index in [0.29, 0.717) is 0 Å². The molecular formula is C19H14N4O2. The first-order valence-corrected chi connectivity index (χ1v) is 8.09. The van der Waals surface area contributed by atoms with Crippen molar-refractivity contribution in [1.82, 2.24) is 14.6 Å². The van der Waals surface area contributed by atoms with Crippen molar-refractivity contribution >= 4 is 33.8 Å². The number of rotatable bonds is 2. The summed E-state index contributed by atoms with van der Waals surface area (Å²) >= 11 is 0. The second kappa shape index (κ2) is 5.04. The Hall–Kier alpha value is -3.41. The second-order valence-corrected chi connectivity index (χ2v) is 6.17. The van der Waals surface area contributed by atoms with Gasteiger partial charge in [0, 0.05) is 23.5 Å². The zero-order valence-electron chi connectivity index (χ0n) is 13.2. The van der Waals surface area contributed by atoms with E-state index in [1.807, 2.05) is 54.7 Å². The molecule has 1 aliphatic rings. The average molecular weight is 330 g/mol. The number of carbonyl (C=O) groups excluding carboxylic acids is 2. The third-order valence-electron chi connectivity index (χ3n) is 4.77. The van der Waals surface area contributed by atoms with Crippen LogP contribution in [0.5, 0.6) is 0 Å². The molecule has 0 saturated carbocycles. The summed E-state index contributed by atoms with van der Waals surface area (Å²) < 4.78 is 1.55. The Labute approximate surface area is 142 Å². The van der Waals surface area contributed by atoms with Crippen molar-refractivity contribution in [2.75, 3.05) is 5.01 Å². The van der Waals surface area contributed by atoms with Crippen molar-refractivity contribution in [1.29, 1.82) is 0 Å². The van der Waals surface area contributed by atoms with Gasteiger partial charge in [-0.2, -0.15) is 5.01 Å². The number of aromatic nitrogens is 3. The maximum absolute atomic E-state index is 13.0. The lowest BCUT2D eigenvalue weighted by atomic mass is 9.97. The van der Waals surface area contributed by atoms with E-state index in [0.717, 1.165) is 27.5 Å². The van der Waals surface area contributed by atoms with E-state index < -0.39 is 5.92 Å². The number of hydrogen-bond donors (Lipinski definition) is 1. The van der Waals surface area contributed by atoms with Gasteiger partial charge in [-0.15, -0.1) is 0 Å². The zero-order chi connectivity index (χ0) is 17.0. The predicted octanol–water partition coefficient (Wildman–Crippen LogP) is 2.70. The van der Waals surface area contributed by atoms with Gasteiger partial charge in [0.05, 0.1) is 17.0 Å². The van der Waals surface area contributed by atoms with Gasteiger partial charge in [0.15, 0.2) is 0 Å². The fourth-order valence-corrected chi connectivity index (χ4v) is 3.58. The molecule has 6 heteroatoms. The Morgan fingerprint density at radius 3 is 2.76 bits per heavy atom. The molecule has 2 aromatic heterocycles. The van der Waals surface area contributed by atoms with Crippen LogP contribution in [0.2, 0.25) is 0 Å². The van der Waals surface area contributed by atoms with Gasteiger partial charge in [-0.3, -0.25) is 9.59 Å². The smallest absolute Gasteiger partial charge is 0.256 e. The maximum atomic E-state index is 13.0. The lowest BCUT2D eigenvalue weighted by Crippen LogP contribution is -2.39. The molecule has 2 amide bonds. The number of fused-ring (bicyclic) bond motifs is 2. The normalized spacial score (nSPS) is 17.9. The molecule has 0 bridgehead atoms. The molecular weight excluding hydrogens is 316 g/mol. The third kappa shape index (κ3) is 1.94. The Balaban J connectivity index is 1.60. The molecule has 1 atom stereocenters. The first-order chi connectivity index (χ1) is 12.2. The molecule has 1 unspecified atom stereocenters. The first-order valence-electron chi connectivity index (χ1n) is 8.09. The topological polar surface area (TPSA) is 71.0 Å². The second-order valence-electron chi connectivity index (χ2n) is 6.17. The van der Waals surface area contributed by atoms with Crippen LogP contribution in [0.4, 0.5) is 0 Å². The largest absolute Gasteiger partial charge is 0.361 e. The molecule has 6 nitrogen and oxygen atoms in total. The summed E-state index contributed by atoms with van der Waals surface area (Å²) in [7, 11) is 0. The Morgan fingerprint density at radius 2 is 1.84 bits per heavy atom. The Kier molecular flexibility index (Phi) is 2.82. The molecule has 0 aliphatic carbocycles. The molecule has 4 aromatic rings. The van der Waals surface area contributed by atoms with Crippen molar-refractivity contribution in [2.45, 2.75) is 12.3 Å². The van der Waals surface area contributed by atoms with Crippen LogP contribution in [-0.2, 0) is 9.59 Å². The van der Waals surface area contributed by atoms with Crippen LogP contribution in [0.15, 0.2) is 61.1 Å². The molecule has 1 fully saturated rings. The average Bonchev–Trinajstić information content (AvgIpc) is 3.31. The molecule has 1 aliphatic heterocycles. The minimum atomic E-state index is -0.482. The van der Waals surface area contributed by atoms with Crippen LogP contribution < -0.4 is 5.01 Å². The van der Waals surface area contributed by atoms with Gasteiger partial charge in [-0.1, -0.05) is 30.3 Å². The Bertz CT molecular complexity index is 1140. The molecule has 1 saturated heterocycles. The van der Waals surface area contributed by atoms with Crippen molar-refractivity contribution in [3.8, 4) is 0 Å². The minimum Gasteiger partial charge on any atom is -0.361 e. The SMILES string of the molecule is O=C1CC(c2c[nH]c3ccccc23)C(=O)N1n1cnc2ccccc21. The maximum Gasteiger partial charge on any atom is 0.256 e. The lowest BCUT2D eigenvalue weighted by Gasteiger charge is -2.16. The monoisotopic (exact) mass is 330 g/mol. The molecule has 122 valence electrons. The number of nitrogens with one attached hydrogen (secondary N) is 1. The van der Waals surface area contributed by atoms with E-state index in [4.69, 9.17) is 0 Å². The van der Waals surface area contributed by atoms with Crippen molar-refractivity contribution in [3.63, 3.8) is 0 Å². The molecule has 5 rings (SSSR count). The highest BCUT2D eigenvalue weighted by Crippen LogP contribution is 2.34. The van der Waals surface area contributed by atoms with Gasteiger partial charge in [0.25, 0.3) is 5.91 Å². The summed E-state index contributed by atoms with van der Waals surface area (Å²) in [6, 6.07) is 15.2. The van der Waals surface area contributed by atoms with E-state index >= 15 is 0 Å². The molecule has 0 radical (unpaired) electrons. The molecule has 2 aromatic carbocycles. The number of para-hydroxylation sites is 3. The van der Waals surface area contributed by atoms with Gasteiger partial charge >= 0.3 is 0 Å². The highest BCUT2D eigenvalue weighted by molar-refractivity contribution is 6.18. The summed E-state index contributed by atoms with van der Waals surface area (Å²) in [5, 5.41) is 2.19. The van der Waals surface area contributed by atoms with E-state index in [1.54, 1.807) is 4.68 Å². The molecule has 25 heavy (non-hydrogen) atoms. The van der Waals surface area contributed by atoms with Gasteiger partial charge in [-0.05, 0) is 23.8 Å². The minimum absolute atomic E-state index is 0.160. The molecule has 3 heterocycles. The zero-order valence-corrected chi connectivity index (χ0v) is 13.2. The van der Waals surface area contributed by atoms with Gasteiger partial charge < -0.3 is 4.98 Å². The van der Waals surface area contributed by atoms with Crippen LogP contribution in [0, 0.1) is 0 Å². The summed E-state index contributed by atoms with van der Waals surface area (Å²) in [6.07, 6.45) is 3.52. The van der Waals surface area contributed by atoms with Crippen molar-refractivity contribution < 1.29 is 9.59 Å². The summed E-state index contributed by atoms with van der Waals surface area (Å²) in [5.74, 6) is -0.925. The van der Waals surface area contributed by atoms with Crippen LogP contribution in [0.3, 0.4) is 0 Å². The number of imidazole rings is 1. The fourth-order valence-electron chi connectivity index (χ4n) is 3.58. The Morgan fingerprint density at radius 1 is 1.04 bits per heavy atom. The number of nitrogens with zero attached hydrogens (tertiary/aromatic N) is 3. The first kappa shape index (κ1) is 14.0. The van der Waals surface area contributed by atoms with E-state index in [1.165, 1.54) is 11.3 Å². The summed E-state index contributed by atoms with van der Waals surface area (Å²) in [6.45, 7) is 0. The number of H-pyrrole nitrogens is 1. The van der Waals surface area contributed by atoms with Crippen LogP contribution in [0.25, 0.3) is 21.9 Å². The predicted molar refractivity (Wildman–Crippen MR) is 93.6 cm³/mol. The number of benzene rings is 2. The molecule has 1 N–H and O–H groups in total. The van der Waals surface area contributed by atoms with E-state index in [-0.39, 0.29) is 18.2 Å². The standard InChI is InChI=1S/C19H14N4O2/c24-18-9-13(14-10-20-15-6-2-1-5-12(14)15)19(25)23(18)22-11-21-16-7-3-4-8-17(16)22/h1-8,10-11,13,20H,9H2. The van der Waals surface area contributed by atoms with Gasteiger partial charge in [0.2, 0.25) is 5.91 Å². The highest BCUT2D eigenvalue weighted by atomic mass is 16.2. The highest BCUT2D eigenvalue weighted by Gasteiger charge is 2.42. The van der Waals surface area contributed by atoms with Crippen molar-refractivity contribution in [2.24, 2.45) is 0 Å². The van der Waals surface area contributed by atoms with Crippen LogP contribution in [-0.4, -0.2) is 26.5 Å². The van der Waals surface area contributed by atoms with Crippen LogP contribution >= 0.6 is 0 Å². The summed E-state index contributed by atoms with van der Waals surface area (Å²) in [4.78, 5) is 33.1. The van der Waals surface area contributed by atoms with Crippen molar-refractivity contribution in [3.05, 3.63) is 66.6 Å². The number of amides is 2. The number of hydrogen-bond acceptors (Lipinski definition) is 3. The summed E-state index contributed by atoms with van der Waals surface area (Å²) in [5.41, 5.74) is 3.31. The number of carbonyl (C=O) groups is 2. The van der Waals surface area contributed by atoms with Gasteiger partial charge in [0.1, 0.15) is 6.33 Å². The number of imide groups is 1. The fraction of sp³-hybridized carbons (Fsp3) is 0.105. The lowest BCUT2D eigenvalue weighted by molar-refractivity contribution is -0.123. The number of aromatic amines is 1. The molecule has 0 spiro atoms.